The number of halogens is 1. The lowest BCUT2D eigenvalue weighted by Crippen LogP contribution is -2.41. The standard InChI is InChI=1S/C27H29ClN2O5.C4H8.C2H7N/c1-3-16-5-4-6-30(16)11-14-9-18(31)22-17(23(14)28)8-13-7-15-10-19(32)20(26(29)34)12(2)27(15)25(35-27)21(13)24(22)33;1-2-4-3-1;1-3-2/h9,13,15-16,31-32H,2-8,10-11H2,1H3,(H2,29,34);1-4H2;3H,1-2H3/t13-,15+,16?,27+;;/m1../s1. The summed E-state index contributed by atoms with van der Waals surface area (Å²) in [6, 6.07) is 2.14. The first-order valence-electron chi connectivity index (χ1n) is 15.4. The van der Waals surface area contributed by atoms with Crippen molar-refractivity contribution >= 4 is 23.3 Å². The molecular weight excluding hydrogens is 554 g/mol. The number of carbonyl (C=O) groups is 2. The molecule has 0 bridgehead atoms. The number of ether oxygens (including phenoxy) is 1. The third kappa shape index (κ3) is 5.05. The average Bonchev–Trinajstić information content (AvgIpc) is 3.49. The number of aromatic hydroxyl groups is 1. The van der Waals surface area contributed by atoms with Gasteiger partial charge in [-0.2, -0.15) is 0 Å². The van der Waals surface area contributed by atoms with Crippen molar-refractivity contribution in [1.82, 2.24) is 10.2 Å². The number of hydrogen-bond donors (Lipinski definition) is 4. The Bertz CT molecular complexity index is 1360. The minimum Gasteiger partial charge on any atom is -0.511 e. The van der Waals surface area contributed by atoms with Crippen LogP contribution in [0.3, 0.4) is 0 Å². The summed E-state index contributed by atoms with van der Waals surface area (Å²) < 4.78 is 6.06. The van der Waals surface area contributed by atoms with Crippen LogP contribution in [0.5, 0.6) is 5.75 Å². The van der Waals surface area contributed by atoms with Crippen molar-refractivity contribution in [3.63, 3.8) is 0 Å². The third-order valence-electron chi connectivity index (χ3n) is 9.76. The summed E-state index contributed by atoms with van der Waals surface area (Å²) >= 11 is 6.90. The fourth-order valence-electron chi connectivity index (χ4n) is 7.34. The molecule has 5 N–H and O–H groups in total. The van der Waals surface area contributed by atoms with E-state index in [1.54, 1.807) is 6.07 Å². The van der Waals surface area contributed by atoms with E-state index < -0.39 is 11.5 Å². The molecule has 1 aromatic rings. The second-order valence-electron chi connectivity index (χ2n) is 12.4. The van der Waals surface area contributed by atoms with Crippen LogP contribution in [0.4, 0.5) is 0 Å². The zero-order valence-electron chi connectivity index (χ0n) is 25.0. The number of fused-ring (bicyclic) bond motifs is 2. The number of nitrogens with two attached hydrogens (primary N) is 1. The first kappa shape index (κ1) is 30.6. The van der Waals surface area contributed by atoms with Crippen LogP contribution in [0.1, 0.15) is 86.2 Å². The van der Waals surface area contributed by atoms with Crippen LogP contribution in [-0.4, -0.2) is 59.1 Å². The molecule has 1 spiro atoms. The number of ketones is 1. The molecule has 4 atom stereocenters. The molecule has 2 saturated heterocycles. The number of rotatable bonds is 4. The quantitative estimate of drug-likeness (QED) is 0.339. The number of carbonyl (C=O) groups excluding carboxylic acids is 2. The lowest BCUT2D eigenvalue weighted by molar-refractivity contribution is -0.114. The summed E-state index contributed by atoms with van der Waals surface area (Å²) in [5.41, 5.74) is 7.11. The van der Waals surface area contributed by atoms with Gasteiger partial charge < -0.3 is 26.0 Å². The number of nitrogens with zero attached hydrogens (tertiary/aromatic N) is 1. The Hall–Kier alpha value is -2.81. The number of amides is 1. The van der Waals surface area contributed by atoms with Crippen molar-refractivity contribution < 1.29 is 24.5 Å². The van der Waals surface area contributed by atoms with Gasteiger partial charge in [0.1, 0.15) is 11.5 Å². The number of nitrogens with one attached hydrogen (secondary N) is 1. The van der Waals surface area contributed by atoms with E-state index in [1.807, 2.05) is 14.1 Å². The number of Topliss-reactive ketones (excluding diaryl/α,β-unsaturated/α-hetero) is 1. The molecule has 9 heteroatoms. The van der Waals surface area contributed by atoms with E-state index in [2.05, 4.69) is 23.7 Å². The lowest BCUT2D eigenvalue weighted by Gasteiger charge is -2.37. The molecule has 1 unspecified atom stereocenters. The number of benzene rings is 1. The van der Waals surface area contributed by atoms with Crippen molar-refractivity contribution in [2.24, 2.45) is 17.6 Å². The molecule has 0 radical (unpaired) electrons. The summed E-state index contributed by atoms with van der Waals surface area (Å²) in [5.74, 6) is -0.987. The second-order valence-corrected chi connectivity index (χ2v) is 12.8. The van der Waals surface area contributed by atoms with Crippen LogP contribution in [0, 0.1) is 11.8 Å². The minimum atomic E-state index is -0.972. The van der Waals surface area contributed by atoms with E-state index in [9.17, 15) is 19.8 Å². The Morgan fingerprint density at radius 3 is 2.48 bits per heavy atom. The molecule has 6 aliphatic rings. The smallest absolute Gasteiger partial charge is 0.252 e. The molecule has 228 valence electrons. The van der Waals surface area contributed by atoms with E-state index in [0.29, 0.717) is 52.9 Å². The summed E-state index contributed by atoms with van der Waals surface area (Å²) in [5, 5.41) is 24.8. The van der Waals surface area contributed by atoms with E-state index in [1.165, 1.54) is 25.7 Å². The van der Waals surface area contributed by atoms with E-state index >= 15 is 0 Å². The summed E-state index contributed by atoms with van der Waals surface area (Å²) in [4.78, 5) is 28.1. The van der Waals surface area contributed by atoms with Gasteiger partial charge in [0.25, 0.3) is 5.91 Å². The Balaban J connectivity index is 0.000000450. The molecule has 2 heterocycles. The number of phenols is 1. The molecule has 1 amide bonds. The highest BCUT2D eigenvalue weighted by atomic mass is 35.5. The number of phenolic OH excluding ortho intramolecular Hbond substituents is 1. The fraction of sp³-hybridized carbons (Fsp3) is 0.576. The van der Waals surface area contributed by atoms with Gasteiger partial charge in [0.2, 0.25) is 0 Å². The number of aliphatic hydroxyl groups excluding tert-OH is 1. The fourth-order valence-corrected chi connectivity index (χ4v) is 7.62. The molecule has 1 aromatic carbocycles. The zero-order chi connectivity index (χ0) is 30.3. The maximum Gasteiger partial charge on any atom is 0.252 e. The van der Waals surface area contributed by atoms with Gasteiger partial charge in [0, 0.05) is 41.1 Å². The van der Waals surface area contributed by atoms with Crippen molar-refractivity contribution in [2.45, 2.75) is 89.3 Å². The van der Waals surface area contributed by atoms with Gasteiger partial charge in [-0.3, -0.25) is 14.5 Å². The zero-order valence-corrected chi connectivity index (χ0v) is 25.8. The summed E-state index contributed by atoms with van der Waals surface area (Å²) in [6.45, 7) is 7.85. The van der Waals surface area contributed by atoms with E-state index in [0.717, 1.165) is 31.4 Å². The van der Waals surface area contributed by atoms with Gasteiger partial charge in [0.05, 0.1) is 11.1 Å². The average molecular weight is 598 g/mol. The molecule has 2 aliphatic heterocycles. The molecule has 42 heavy (non-hydrogen) atoms. The molecule has 4 aliphatic carbocycles. The number of hydrogen-bond acceptors (Lipinski definition) is 7. The van der Waals surface area contributed by atoms with Gasteiger partial charge in [-0.15, -0.1) is 0 Å². The monoisotopic (exact) mass is 597 g/mol. The molecule has 0 aromatic heterocycles. The number of likely N-dealkylation sites (tertiary alicyclic amines) is 1. The molecule has 3 fully saturated rings. The van der Waals surface area contributed by atoms with Crippen LogP contribution < -0.4 is 11.1 Å². The first-order valence-corrected chi connectivity index (χ1v) is 15.7. The SMILES string of the molecule is C1CCC1.C=C1C(C(N)=O)=C(O)C[C@@H]2C[C@@H]3Cc4c(Cl)c(CN5CCCC5CC)cc(O)c4C(=O)C3=C3O[C@]132.CNC. The molecule has 7 rings (SSSR count). The summed E-state index contributed by atoms with van der Waals surface area (Å²) in [7, 11) is 3.75. The molecular formula is C33H44ClN3O5. The summed E-state index contributed by atoms with van der Waals surface area (Å²) in [6.07, 6.45) is 10.7. The van der Waals surface area contributed by atoms with Gasteiger partial charge in [-0.25, -0.2) is 0 Å². The Morgan fingerprint density at radius 1 is 1.21 bits per heavy atom. The maximum absolute atomic E-state index is 13.7. The minimum absolute atomic E-state index is 0.0122. The highest BCUT2D eigenvalue weighted by Crippen LogP contribution is 2.66. The van der Waals surface area contributed by atoms with Crippen LogP contribution in [0.2, 0.25) is 5.02 Å². The van der Waals surface area contributed by atoms with Crippen LogP contribution in [-0.2, 0) is 22.5 Å². The highest BCUT2D eigenvalue weighted by molar-refractivity contribution is 6.33. The Labute approximate surface area is 253 Å². The highest BCUT2D eigenvalue weighted by Gasteiger charge is 2.69. The van der Waals surface area contributed by atoms with E-state index in [4.69, 9.17) is 22.1 Å². The number of allylic oxidation sites excluding steroid dienone is 2. The number of aliphatic hydroxyl groups is 1. The maximum atomic E-state index is 13.7. The lowest BCUT2D eigenvalue weighted by atomic mass is 9.62. The van der Waals surface area contributed by atoms with Crippen molar-refractivity contribution in [1.29, 1.82) is 0 Å². The van der Waals surface area contributed by atoms with E-state index in [-0.39, 0.29) is 46.7 Å². The van der Waals surface area contributed by atoms with Gasteiger partial charge in [0.15, 0.2) is 17.1 Å². The van der Waals surface area contributed by atoms with Crippen molar-refractivity contribution in [2.75, 3.05) is 20.6 Å². The number of primary amides is 1. The van der Waals surface area contributed by atoms with Crippen molar-refractivity contribution in [3.8, 4) is 5.75 Å². The van der Waals surface area contributed by atoms with Gasteiger partial charge in [-0.1, -0.05) is 50.8 Å². The topological polar surface area (TPSA) is 128 Å². The van der Waals surface area contributed by atoms with Crippen LogP contribution in [0.15, 0.2) is 40.9 Å². The Kier molecular flexibility index (Phi) is 8.80. The predicted molar refractivity (Wildman–Crippen MR) is 163 cm³/mol. The first-order chi connectivity index (χ1) is 20.1. The van der Waals surface area contributed by atoms with Crippen LogP contribution >= 0.6 is 11.6 Å². The molecule has 1 saturated carbocycles. The predicted octanol–water partition coefficient (Wildman–Crippen LogP) is 5.47. The van der Waals surface area contributed by atoms with Crippen LogP contribution in [0.25, 0.3) is 0 Å². The Morgan fingerprint density at radius 2 is 1.88 bits per heavy atom. The van der Waals surface area contributed by atoms with Gasteiger partial charge in [-0.05, 0) is 75.9 Å². The molecule has 8 nitrogen and oxygen atoms in total. The van der Waals surface area contributed by atoms with Crippen molar-refractivity contribution in [3.05, 3.63) is 62.6 Å². The normalized spacial score (nSPS) is 29.0. The largest absolute Gasteiger partial charge is 0.511 e. The second kappa shape index (κ2) is 12.1. The third-order valence-corrected chi connectivity index (χ3v) is 10.2. The number of epoxide rings is 1. The van der Waals surface area contributed by atoms with Gasteiger partial charge >= 0.3 is 0 Å².